The van der Waals surface area contributed by atoms with E-state index in [0.717, 1.165) is 4.90 Å². The van der Waals surface area contributed by atoms with Crippen molar-refractivity contribution < 1.29 is 13.9 Å². The molecule has 0 bridgehead atoms. The van der Waals surface area contributed by atoms with Gasteiger partial charge in [0, 0.05) is 4.90 Å². The molecule has 1 aromatic heterocycles. The summed E-state index contributed by atoms with van der Waals surface area (Å²) in [4.78, 5) is 16.5. The number of ether oxygens (including phenoxy) is 1. The van der Waals surface area contributed by atoms with E-state index >= 15 is 0 Å². The number of esters is 1. The van der Waals surface area contributed by atoms with Crippen LogP contribution in [0.3, 0.4) is 0 Å². The highest BCUT2D eigenvalue weighted by atomic mass is 32.2. The van der Waals surface area contributed by atoms with Crippen molar-refractivity contribution in [1.82, 2.24) is 4.98 Å². The second-order valence-corrected chi connectivity index (χ2v) is 4.66. The summed E-state index contributed by atoms with van der Waals surface area (Å²) in [5.74, 6) is -0.461. The van der Waals surface area contributed by atoms with E-state index < -0.39 is 5.97 Å². The van der Waals surface area contributed by atoms with E-state index in [4.69, 9.17) is 9.15 Å². The predicted octanol–water partition coefficient (Wildman–Crippen LogP) is 3.31. The molecule has 0 aliphatic rings. The van der Waals surface area contributed by atoms with Crippen LogP contribution in [-0.4, -0.2) is 17.6 Å². The van der Waals surface area contributed by atoms with E-state index in [0.29, 0.717) is 11.8 Å². The van der Waals surface area contributed by atoms with Gasteiger partial charge in [-0.2, -0.15) is 4.98 Å². The van der Waals surface area contributed by atoms with Crippen LogP contribution in [0.1, 0.15) is 23.0 Å². The van der Waals surface area contributed by atoms with Crippen molar-refractivity contribution in [2.75, 3.05) is 6.61 Å². The maximum Gasteiger partial charge on any atom is 0.360 e. The highest BCUT2D eigenvalue weighted by Crippen LogP contribution is 2.27. The average Bonchev–Trinajstić information content (AvgIpc) is 2.81. The van der Waals surface area contributed by atoms with E-state index in [1.54, 1.807) is 6.92 Å². The number of hydrogen-bond donors (Lipinski definition) is 0. The normalized spacial score (nSPS) is 10.3. The maximum absolute atomic E-state index is 11.4. The number of hydrogen-bond acceptors (Lipinski definition) is 5. The van der Waals surface area contributed by atoms with E-state index in [9.17, 15) is 4.79 Å². The van der Waals surface area contributed by atoms with Gasteiger partial charge in [-0.1, -0.05) is 17.7 Å². The summed E-state index contributed by atoms with van der Waals surface area (Å²) in [5.41, 5.74) is 1.39. The van der Waals surface area contributed by atoms with E-state index in [2.05, 4.69) is 4.98 Å². The first-order valence-corrected chi connectivity index (χ1v) is 6.38. The lowest BCUT2D eigenvalue weighted by Crippen LogP contribution is -2.04. The number of carbonyl (C=O) groups is 1. The third-order valence-corrected chi connectivity index (χ3v) is 3.06. The monoisotopic (exact) mass is 263 g/mol. The minimum Gasteiger partial charge on any atom is -0.461 e. The number of carbonyl (C=O) groups excluding carboxylic acids is 1. The summed E-state index contributed by atoms with van der Waals surface area (Å²) in [6.45, 7) is 4.10. The van der Waals surface area contributed by atoms with Gasteiger partial charge in [-0.3, -0.25) is 0 Å². The third kappa shape index (κ3) is 3.13. The molecule has 0 radical (unpaired) electrons. The molecule has 2 aromatic rings. The van der Waals surface area contributed by atoms with Gasteiger partial charge in [0.25, 0.3) is 5.22 Å². The molecule has 1 aromatic carbocycles. The molecule has 0 spiro atoms. The van der Waals surface area contributed by atoms with Crippen molar-refractivity contribution in [1.29, 1.82) is 0 Å². The van der Waals surface area contributed by atoms with Crippen molar-refractivity contribution in [3.8, 4) is 0 Å². The smallest absolute Gasteiger partial charge is 0.360 e. The van der Waals surface area contributed by atoms with Crippen LogP contribution in [0.4, 0.5) is 0 Å². The molecular weight excluding hydrogens is 250 g/mol. The van der Waals surface area contributed by atoms with Crippen LogP contribution >= 0.6 is 11.8 Å². The predicted molar refractivity (Wildman–Crippen MR) is 67.8 cm³/mol. The largest absolute Gasteiger partial charge is 0.461 e. The Bertz CT molecular complexity index is 533. The molecule has 0 aliphatic heterocycles. The molecule has 4 nitrogen and oxygen atoms in total. The maximum atomic E-state index is 11.4. The molecule has 0 fully saturated rings. The second-order valence-electron chi connectivity index (χ2n) is 3.63. The van der Waals surface area contributed by atoms with Gasteiger partial charge in [0.05, 0.1) is 6.61 Å². The lowest BCUT2D eigenvalue weighted by atomic mass is 10.2. The van der Waals surface area contributed by atoms with Crippen molar-refractivity contribution in [2.45, 2.75) is 24.0 Å². The number of nitrogens with zero attached hydrogens (tertiary/aromatic N) is 1. The van der Waals surface area contributed by atoms with E-state index in [1.807, 2.05) is 31.2 Å². The molecule has 0 saturated heterocycles. The quantitative estimate of drug-likeness (QED) is 0.792. The second kappa shape index (κ2) is 5.73. The zero-order valence-corrected chi connectivity index (χ0v) is 11.0. The fourth-order valence-electron chi connectivity index (χ4n) is 1.31. The molecule has 0 atom stereocenters. The fourth-order valence-corrected chi connectivity index (χ4v) is 2.02. The lowest BCUT2D eigenvalue weighted by Gasteiger charge is -1.97. The Morgan fingerprint density at radius 2 is 2.11 bits per heavy atom. The van der Waals surface area contributed by atoms with Crippen LogP contribution in [0.5, 0.6) is 0 Å². The van der Waals surface area contributed by atoms with Crippen LogP contribution in [0.15, 0.2) is 45.1 Å². The van der Waals surface area contributed by atoms with Gasteiger partial charge in [0.15, 0.2) is 5.69 Å². The lowest BCUT2D eigenvalue weighted by molar-refractivity contribution is 0.0519. The van der Waals surface area contributed by atoms with E-state index in [-0.39, 0.29) is 5.69 Å². The van der Waals surface area contributed by atoms with Crippen LogP contribution in [0, 0.1) is 6.92 Å². The molecule has 18 heavy (non-hydrogen) atoms. The first-order chi connectivity index (χ1) is 8.69. The SMILES string of the molecule is CCOC(=O)c1coc(Sc2ccc(C)cc2)n1. The van der Waals surface area contributed by atoms with Gasteiger partial charge in [-0.25, -0.2) is 4.79 Å². The number of aryl methyl sites for hydroxylation is 1. The topological polar surface area (TPSA) is 52.3 Å². The summed E-state index contributed by atoms with van der Waals surface area (Å²) >= 11 is 1.37. The van der Waals surface area contributed by atoms with Crippen molar-refractivity contribution in [3.05, 3.63) is 41.8 Å². The van der Waals surface area contributed by atoms with Crippen LogP contribution in [0.25, 0.3) is 0 Å². The molecular formula is C13H13NO3S. The zero-order valence-electron chi connectivity index (χ0n) is 10.2. The molecule has 1 heterocycles. The minimum atomic E-state index is -0.461. The highest BCUT2D eigenvalue weighted by molar-refractivity contribution is 7.99. The third-order valence-electron chi connectivity index (χ3n) is 2.19. The van der Waals surface area contributed by atoms with Crippen LogP contribution in [-0.2, 0) is 4.74 Å². The van der Waals surface area contributed by atoms with Gasteiger partial charge in [-0.15, -0.1) is 0 Å². The first kappa shape index (κ1) is 12.7. The Morgan fingerprint density at radius 1 is 1.39 bits per heavy atom. The molecule has 5 heteroatoms. The summed E-state index contributed by atoms with van der Waals surface area (Å²) in [6, 6.07) is 7.98. The van der Waals surface area contributed by atoms with Gasteiger partial charge in [0.2, 0.25) is 0 Å². The van der Waals surface area contributed by atoms with Crippen molar-refractivity contribution in [3.63, 3.8) is 0 Å². The summed E-state index contributed by atoms with van der Waals surface area (Å²) in [5, 5.41) is 0.432. The minimum absolute atomic E-state index is 0.200. The Hall–Kier alpha value is -1.75. The van der Waals surface area contributed by atoms with Gasteiger partial charge in [-0.05, 0) is 37.7 Å². The van der Waals surface area contributed by atoms with E-state index in [1.165, 1.54) is 23.6 Å². The highest BCUT2D eigenvalue weighted by Gasteiger charge is 2.13. The zero-order chi connectivity index (χ0) is 13.0. The Labute approximate surface area is 109 Å². The Kier molecular flexibility index (Phi) is 4.04. The molecule has 94 valence electrons. The number of benzene rings is 1. The molecule has 0 aliphatic carbocycles. The summed E-state index contributed by atoms with van der Waals surface area (Å²) in [7, 11) is 0. The van der Waals surface area contributed by atoms with Gasteiger partial charge < -0.3 is 9.15 Å². The molecule has 2 rings (SSSR count). The Balaban J connectivity index is 2.06. The number of rotatable bonds is 4. The molecule has 0 N–H and O–H groups in total. The molecule has 0 amide bonds. The molecule has 0 unspecified atom stereocenters. The first-order valence-electron chi connectivity index (χ1n) is 5.56. The average molecular weight is 263 g/mol. The van der Waals surface area contributed by atoms with Crippen molar-refractivity contribution >= 4 is 17.7 Å². The summed E-state index contributed by atoms with van der Waals surface area (Å²) < 4.78 is 10.1. The number of aromatic nitrogens is 1. The van der Waals surface area contributed by atoms with Gasteiger partial charge >= 0.3 is 5.97 Å². The number of oxazole rings is 1. The molecule has 0 saturated carbocycles. The summed E-state index contributed by atoms with van der Waals surface area (Å²) in [6.07, 6.45) is 1.31. The van der Waals surface area contributed by atoms with Gasteiger partial charge in [0.1, 0.15) is 6.26 Å². The standard InChI is InChI=1S/C13H13NO3S/c1-3-16-12(15)11-8-17-13(14-11)18-10-6-4-9(2)5-7-10/h4-8H,3H2,1-2H3. The van der Waals surface area contributed by atoms with Crippen LogP contribution in [0.2, 0.25) is 0 Å². The fraction of sp³-hybridized carbons (Fsp3) is 0.231. The van der Waals surface area contributed by atoms with Crippen LogP contribution < -0.4 is 0 Å². The Morgan fingerprint density at radius 3 is 2.78 bits per heavy atom. The van der Waals surface area contributed by atoms with Crippen molar-refractivity contribution in [2.24, 2.45) is 0 Å².